The molecule has 0 amide bonds. The van der Waals surface area contributed by atoms with Crippen molar-refractivity contribution in [3.63, 3.8) is 0 Å². The van der Waals surface area contributed by atoms with Gasteiger partial charge in [0.15, 0.2) is 0 Å². The van der Waals surface area contributed by atoms with Gasteiger partial charge in [-0.15, -0.1) is 11.3 Å². The fourth-order valence-corrected chi connectivity index (χ4v) is 1.77. The standard InChI is InChI=1S/C10H11N3S/c1-13(2)9-4-3-8(7-12-9)10-11-5-6-14-10/h3-7H,1-2H3. The zero-order valence-electron chi connectivity index (χ0n) is 8.14. The van der Waals surface area contributed by atoms with Crippen LogP contribution in [0.5, 0.6) is 0 Å². The summed E-state index contributed by atoms with van der Waals surface area (Å²) in [5.41, 5.74) is 1.07. The number of aromatic nitrogens is 2. The topological polar surface area (TPSA) is 29.0 Å². The fraction of sp³-hybridized carbons (Fsp3) is 0.200. The van der Waals surface area contributed by atoms with E-state index in [4.69, 9.17) is 0 Å². The molecule has 3 nitrogen and oxygen atoms in total. The second-order valence-electron chi connectivity index (χ2n) is 3.14. The molecule has 0 radical (unpaired) electrons. The molecule has 2 aromatic heterocycles. The Morgan fingerprint density at radius 3 is 2.57 bits per heavy atom. The molecular formula is C10H11N3S. The number of pyridine rings is 1. The first kappa shape index (κ1) is 9.15. The normalized spacial score (nSPS) is 10.1. The van der Waals surface area contributed by atoms with E-state index in [1.807, 2.05) is 42.7 Å². The monoisotopic (exact) mass is 205 g/mol. The molecule has 0 aromatic carbocycles. The largest absolute Gasteiger partial charge is 0.363 e. The number of rotatable bonds is 2. The van der Waals surface area contributed by atoms with Crippen LogP contribution in [0.2, 0.25) is 0 Å². The van der Waals surface area contributed by atoms with E-state index in [2.05, 4.69) is 9.97 Å². The predicted molar refractivity (Wildman–Crippen MR) is 59.7 cm³/mol. The van der Waals surface area contributed by atoms with Gasteiger partial charge in [0, 0.05) is 37.4 Å². The summed E-state index contributed by atoms with van der Waals surface area (Å²) in [6.07, 6.45) is 3.66. The van der Waals surface area contributed by atoms with Gasteiger partial charge in [-0.05, 0) is 12.1 Å². The van der Waals surface area contributed by atoms with Crippen LogP contribution in [0.3, 0.4) is 0 Å². The maximum Gasteiger partial charge on any atom is 0.127 e. The van der Waals surface area contributed by atoms with Gasteiger partial charge < -0.3 is 4.90 Å². The van der Waals surface area contributed by atoms with Crippen molar-refractivity contribution in [2.45, 2.75) is 0 Å². The molecule has 0 atom stereocenters. The maximum atomic E-state index is 4.33. The van der Waals surface area contributed by atoms with E-state index in [9.17, 15) is 0 Å². The first-order chi connectivity index (χ1) is 6.77. The van der Waals surface area contributed by atoms with E-state index in [0.717, 1.165) is 16.4 Å². The minimum absolute atomic E-state index is 0.963. The van der Waals surface area contributed by atoms with Crippen LogP contribution in [0.4, 0.5) is 5.82 Å². The van der Waals surface area contributed by atoms with Crippen LogP contribution in [0.1, 0.15) is 0 Å². The third-order valence-corrected chi connectivity index (χ3v) is 2.71. The van der Waals surface area contributed by atoms with Gasteiger partial charge >= 0.3 is 0 Å². The lowest BCUT2D eigenvalue weighted by molar-refractivity contribution is 1.07. The molecule has 14 heavy (non-hydrogen) atoms. The van der Waals surface area contributed by atoms with Crippen LogP contribution in [0.25, 0.3) is 10.6 Å². The van der Waals surface area contributed by atoms with Crippen molar-refractivity contribution in [3.8, 4) is 10.6 Å². The van der Waals surface area contributed by atoms with Gasteiger partial charge in [0.2, 0.25) is 0 Å². The number of hydrogen-bond donors (Lipinski definition) is 0. The number of hydrogen-bond acceptors (Lipinski definition) is 4. The summed E-state index contributed by atoms with van der Waals surface area (Å²) < 4.78 is 0. The molecule has 2 rings (SSSR count). The van der Waals surface area contributed by atoms with Gasteiger partial charge in [0.05, 0.1) is 0 Å². The molecule has 2 heterocycles. The Balaban J connectivity index is 2.31. The van der Waals surface area contributed by atoms with Crippen LogP contribution < -0.4 is 4.90 Å². The minimum Gasteiger partial charge on any atom is -0.363 e. The maximum absolute atomic E-state index is 4.33. The molecule has 0 fully saturated rings. The molecule has 0 spiro atoms. The van der Waals surface area contributed by atoms with Gasteiger partial charge in [-0.2, -0.15) is 0 Å². The van der Waals surface area contributed by atoms with Crippen molar-refractivity contribution in [2.24, 2.45) is 0 Å². The fourth-order valence-electron chi connectivity index (χ4n) is 1.14. The average Bonchev–Trinajstić information content (AvgIpc) is 2.71. The SMILES string of the molecule is CN(C)c1ccc(-c2nccs2)cn1. The summed E-state index contributed by atoms with van der Waals surface area (Å²) in [6.45, 7) is 0. The molecule has 0 aliphatic heterocycles. The first-order valence-corrected chi connectivity index (χ1v) is 5.18. The highest BCUT2D eigenvalue weighted by molar-refractivity contribution is 7.13. The van der Waals surface area contributed by atoms with Gasteiger partial charge in [0.25, 0.3) is 0 Å². The third kappa shape index (κ3) is 1.75. The smallest absolute Gasteiger partial charge is 0.127 e. The van der Waals surface area contributed by atoms with Gasteiger partial charge in [-0.3, -0.25) is 0 Å². The van der Waals surface area contributed by atoms with Crippen LogP contribution in [-0.4, -0.2) is 24.1 Å². The predicted octanol–water partition coefficient (Wildman–Crippen LogP) is 2.27. The van der Waals surface area contributed by atoms with E-state index in [1.54, 1.807) is 17.5 Å². The Hall–Kier alpha value is -1.42. The number of anilines is 1. The molecule has 0 aliphatic carbocycles. The molecular weight excluding hydrogens is 194 g/mol. The summed E-state index contributed by atoms with van der Waals surface area (Å²) in [5.74, 6) is 0.963. The molecule has 0 bridgehead atoms. The van der Waals surface area contributed by atoms with E-state index >= 15 is 0 Å². The number of nitrogens with zero attached hydrogens (tertiary/aromatic N) is 3. The van der Waals surface area contributed by atoms with Crippen LogP contribution in [0.15, 0.2) is 29.9 Å². The highest BCUT2D eigenvalue weighted by Crippen LogP contribution is 2.21. The van der Waals surface area contributed by atoms with Crippen LogP contribution >= 0.6 is 11.3 Å². The van der Waals surface area contributed by atoms with Gasteiger partial charge in [-0.25, -0.2) is 9.97 Å². The molecule has 0 unspecified atom stereocenters. The van der Waals surface area contributed by atoms with E-state index in [1.165, 1.54) is 0 Å². The Kier molecular flexibility index (Phi) is 2.45. The average molecular weight is 205 g/mol. The molecule has 2 aromatic rings. The van der Waals surface area contributed by atoms with Crippen molar-refractivity contribution in [1.82, 2.24) is 9.97 Å². The summed E-state index contributed by atoms with van der Waals surface area (Å²) in [5, 5.41) is 2.98. The Morgan fingerprint density at radius 2 is 2.07 bits per heavy atom. The highest BCUT2D eigenvalue weighted by Gasteiger charge is 2.01. The summed E-state index contributed by atoms with van der Waals surface area (Å²) >= 11 is 1.63. The van der Waals surface area contributed by atoms with Crippen LogP contribution in [-0.2, 0) is 0 Å². The molecule has 72 valence electrons. The third-order valence-electron chi connectivity index (χ3n) is 1.89. The molecule has 0 saturated heterocycles. The molecule has 0 N–H and O–H groups in total. The lowest BCUT2D eigenvalue weighted by Gasteiger charge is -2.10. The van der Waals surface area contributed by atoms with Crippen molar-refractivity contribution >= 4 is 17.2 Å². The van der Waals surface area contributed by atoms with Crippen molar-refractivity contribution in [2.75, 3.05) is 19.0 Å². The Morgan fingerprint density at radius 1 is 1.21 bits per heavy atom. The second kappa shape index (κ2) is 3.75. The summed E-state index contributed by atoms with van der Waals surface area (Å²) in [7, 11) is 3.96. The van der Waals surface area contributed by atoms with Crippen molar-refractivity contribution < 1.29 is 0 Å². The van der Waals surface area contributed by atoms with Gasteiger partial charge in [0.1, 0.15) is 10.8 Å². The zero-order valence-corrected chi connectivity index (χ0v) is 8.95. The zero-order chi connectivity index (χ0) is 9.97. The second-order valence-corrected chi connectivity index (χ2v) is 4.03. The quantitative estimate of drug-likeness (QED) is 0.753. The van der Waals surface area contributed by atoms with Crippen molar-refractivity contribution in [1.29, 1.82) is 0 Å². The van der Waals surface area contributed by atoms with E-state index < -0.39 is 0 Å². The minimum atomic E-state index is 0.963. The molecule has 0 saturated carbocycles. The Labute approximate surface area is 87.1 Å². The van der Waals surface area contributed by atoms with Crippen LogP contribution in [0, 0.1) is 0 Å². The highest BCUT2D eigenvalue weighted by atomic mass is 32.1. The lowest BCUT2D eigenvalue weighted by atomic mass is 10.3. The van der Waals surface area contributed by atoms with E-state index in [-0.39, 0.29) is 0 Å². The molecule has 4 heteroatoms. The Bertz CT molecular complexity index is 392. The summed E-state index contributed by atoms with van der Waals surface area (Å²) in [6, 6.07) is 4.04. The van der Waals surface area contributed by atoms with E-state index in [0.29, 0.717) is 0 Å². The summed E-state index contributed by atoms with van der Waals surface area (Å²) in [4.78, 5) is 10.5. The number of thiazole rings is 1. The lowest BCUT2D eigenvalue weighted by Crippen LogP contribution is -2.09. The van der Waals surface area contributed by atoms with Gasteiger partial charge in [-0.1, -0.05) is 0 Å². The van der Waals surface area contributed by atoms with Crippen molar-refractivity contribution in [3.05, 3.63) is 29.9 Å². The molecule has 0 aliphatic rings. The first-order valence-electron chi connectivity index (χ1n) is 4.30.